The summed E-state index contributed by atoms with van der Waals surface area (Å²) in [5, 5.41) is 2.02. The van der Waals surface area contributed by atoms with Gasteiger partial charge in [0.15, 0.2) is 0 Å². The van der Waals surface area contributed by atoms with Crippen LogP contribution in [-0.2, 0) is 44.9 Å². The molecule has 2 atom stereocenters. The number of halogens is 3. The van der Waals surface area contributed by atoms with Gasteiger partial charge in [-0.15, -0.1) is 22.7 Å². The molecule has 1 aromatic carbocycles. The van der Waals surface area contributed by atoms with Crippen molar-refractivity contribution in [1.29, 1.82) is 0 Å². The Balaban J connectivity index is 1.37. The van der Waals surface area contributed by atoms with Gasteiger partial charge in [0, 0.05) is 65.3 Å². The molecule has 2 amide bonds. The number of carbonyl (C=O) groups is 2. The summed E-state index contributed by atoms with van der Waals surface area (Å²) in [7, 11) is 1.45. The lowest BCUT2D eigenvalue weighted by atomic mass is 9.85. The minimum absolute atomic E-state index is 0.0671. The molecule has 3 aromatic heterocycles. The Morgan fingerprint density at radius 2 is 1.87 bits per heavy atom. The van der Waals surface area contributed by atoms with Gasteiger partial charge in [-0.05, 0) is 56.5 Å². The van der Waals surface area contributed by atoms with Crippen molar-refractivity contribution in [3.8, 4) is 22.0 Å². The molecular formula is C39H39F3N4O5S2. The Labute approximate surface area is 313 Å². The summed E-state index contributed by atoms with van der Waals surface area (Å²) in [5.41, 5.74) is 3.70. The zero-order valence-corrected chi connectivity index (χ0v) is 31.5. The molecule has 0 N–H and O–H groups in total. The van der Waals surface area contributed by atoms with Crippen molar-refractivity contribution in [3.63, 3.8) is 0 Å². The molecule has 0 saturated carbocycles. The largest absolute Gasteiger partial charge is 0.444 e. The van der Waals surface area contributed by atoms with Crippen molar-refractivity contribution in [2.24, 2.45) is 0 Å². The van der Waals surface area contributed by atoms with Gasteiger partial charge in [-0.3, -0.25) is 4.79 Å². The third-order valence-electron chi connectivity index (χ3n) is 9.40. The van der Waals surface area contributed by atoms with Gasteiger partial charge in [0.2, 0.25) is 11.8 Å². The summed E-state index contributed by atoms with van der Waals surface area (Å²) in [4.78, 5) is 39.6. The maximum atomic E-state index is 17.1. The van der Waals surface area contributed by atoms with Crippen LogP contribution in [0.1, 0.15) is 54.0 Å². The predicted octanol–water partition coefficient (Wildman–Crippen LogP) is 8.43. The van der Waals surface area contributed by atoms with Gasteiger partial charge < -0.3 is 24.0 Å². The topological polar surface area (TPSA) is 94.1 Å². The van der Waals surface area contributed by atoms with Crippen LogP contribution in [0, 0.1) is 5.82 Å². The van der Waals surface area contributed by atoms with E-state index in [2.05, 4.69) is 6.58 Å². The van der Waals surface area contributed by atoms with Crippen LogP contribution in [0.2, 0.25) is 0 Å². The highest BCUT2D eigenvalue weighted by molar-refractivity contribution is 7.17. The molecule has 0 bridgehead atoms. The fraction of sp³-hybridized carbons (Fsp3) is 0.385. The molecule has 0 spiro atoms. The quantitative estimate of drug-likeness (QED) is 0.131. The van der Waals surface area contributed by atoms with E-state index in [0.717, 1.165) is 39.1 Å². The molecule has 0 saturated heterocycles. The Hall–Kier alpha value is -4.37. The molecule has 5 heterocycles. The summed E-state index contributed by atoms with van der Waals surface area (Å²) >= 11 is 2.44. The highest BCUT2D eigenvalue weighted by Gasteiger charge is 2.44. The Kier molecular flexibility index (Phi) is 10.1. The number of allylic oxidation sites excluding steroid dienone is 2. The standard InChI is InChI=1S/C39H39F3N4O5S2/c1-6-30(47)45-14-12-28-29(20-45)53-36(43-28)34-31(26-10-9-25(40)18-39(26,42)50-16-15-49-5)35-32(27(41)21-52-35)33(44-34)23-7-8-24-19-46(13-11-22(24)17-23)37(48)51-38(2,3)4/h6-10,17-18,21,26H,1,11-16,19-20H2,2-5H3. The van der Waals surface area contributed by atoms with Crippen LogP contribution >= 0.6 is 22.7 Å². The number of hydrogen-bond donors (Lipinski definition) is 0. The Bertz CT molecular complexity index is 2170. The number of thiophene rings is 1. The molecule has 0 radical (unpaired) electrons. The second-order valence-electron chi connectivity index (χ2n) is 14.2. The van der Waals surface area contributed by atoms with E-state index in [9.17, 15) is 14.0 Å². The molecule has 278 valence electrons. The van der Waals surface area contributed by atoms with E-state index >= 15 is 8.78 Å². The lowest BCUT2D eigenvalue weighted by Crippen LogP contribution is -2.39. The molecule has 2 unspecified atom stereocenters. The minimum Gasteiger partial charge on any atom is -0.444 e. The number of methoxy groups -OCH3 is 1. The predicted molar refractivity (Wildman–Crippen MR) is 199 cm³/mol. The second kappa shape index (κ2) is 14.5. The lowest BCUT2D eigenvalue weighted by Gasteiger charge is -2.33. The lowest BCUT2D eigenvalue weighted by molar-refractivity contribution is -0.127. The first-order valence-electron chi connectivity index (χ1n) is 17.3. The zero-order chi connectivity index (χ0) is 37.7. The normalized spacial score (nSPS) is 19.9. The average molecular weight is 765 g/mol. The molecule has 1 aliphatic carbocycles. The molecule has 2 aliphatic heterocycles. The molecule has 3 aliphatic rings. The van der Waals surface area contributed by atoms with Gasteiger partial charge in [-0.1, -0.05) is 24.8 Å². The number of amides is 2. The van der Waals surface area contributed by atoms with Gasteiger partial charge in [0.25, 0.3) is 0 Å². The highest BCUT2D eigenvalue weighted by Crippen LogP contribution is 2.50. The average Bonchev–Trinajstić information content (AvgIpc) is 3.73. The number of alkyl halides is 1. The number of rotatable bonds is 8. The third kappa shape index (κ3) is 7.29. The van der Waals surface area contributed by atoms with Crippen LogP contribution in [0.25, 0.3) is 32.0 Å². The van der Waals surface area contributed by atoms with Crippen LogP contribution < -0.4 is 0 Å². The van der Waals surface area contributed by atoms with Crippen LogP contribution in [0.15, 0.2) is 60.3 Å². The summed E-state index contributed by atoms with van der Waals surface area (Å²) in [5.74, 6) is -5.41. The van der Waals surface area contributed by atoms with Crippen molar-refractivity contribution < 1.29 is 37.0 Å². The highest BCUT2D eigenvalue weighted by atomic mass is 32.1. The van der Waals surface area contributed by atoms with Gasteiger partial charge in [-0.2, -0.15) is 0 Å². The fourth-order valence-corrected chi connectivity index (χ4v) is 9.03. The summed E-state index contributed by atoms with van der Waals surface area (Å²) in [6, 6.07) is 5.71. The molecule has 7 rings (SSSR count). The van der Waals surface area contributed by atoms with Crippen molar-refractivity contribution in [2.45, 2.75) is 64.1 Å². The molecule has 53 heavy (non-hydrogen) atoms. The smallest absolute Gasteiger partial charge is 0.410 e. The number of aromatic nitrogens is 2. The molecular weight excluding hydrogens is 726 g/mol. The van der Waals surface area contributed by atoms with E-state index < -0.39 is 29.0 Å². The number of carbonyl (C=O) groups excluding carboxylic acids is 2. The van der Waals surface area contributed by atoms with Crippen LogP contribution in [0.5, 0.6) is 0 Å². The summed E-state index contributed by atoms with van der Waals surface area (Å²) in [6.45, 7) is 10.6. The monoisotopic (exact) mass is 764 g/mol. The van der Waals surface area contributed by atoms with E-state index in [0.29, 0.717) is 71.2 Å². The Morgan fingerprint density at radius 1 is 1.08 bits per heavy atom. The van der Waals surface area contributed by atoms with Gasteiger partial charge in [-0.25, -0.2) is 27.9 Å². The van der Waals surface area contributed by atoms with Crippen LogP contribution in [-0.4, -0.2) is 76.6 Å². The van der Waals surface area contributed by atoms with Crippen molar-refractivity contribution in [3.05, 3.63) is 93.4 Å². The van der Waals surface area contributed by atoms with Crippen LogP contribution in [0.3, 0.4) is 0 Å². The van der Waals surface area contributed by atoms with Crippen molar-refractivity contribution in [1.82, 2.24) is 19.8 Å². The van der Waals surface area contributed by atoms with E-state index in [4.69, 9.17) is 24.2 Å². The number of nitrogens with zero attached hydrogens (tertiary/aromatic N) is 4. The van der Waals surface area contributed by atoms with E-state index in [-0.39, 0.29) is 30.6 Å². The summed E-state index contributed by atoms with van der Waals surface area (Å²) in [6.07, 6.45) is 5.28. The van der Waals surface area contributed by atoms with Gasteiger partial charge >= 0.3 is 6.09 Å². The molecule has 14 heteroatoms. The maximum Gasteiger partial charge on any atom is 0.410 e. The maximum absolute atomic E-state index is 17.1. The first-order chi connectivity index (χ1) is 25.3. The number of benzene rings is 1. The zero-order valence-electron chi connectivity index (χ0n) is 29.8. The van der Waals surface area contributed by atoms with Crippen molar-refractivity contribution in [2.75, 3.05) is 33.4 Å². The number of thiazole rings is 1. The molecule has 9 nitrogen and oxygen atoms in total. The SMILES string of the molecule is C=CC(=O)N1CCc2nc(-c3nc(-c4ccc5c(c4)CCN(C(=O)OC(C)(C)C)C5)c4c(F)csc4c3C3C=CC(F)=CC3(F)OCCOC)sc2C1. The fourth-order valence-electron chi connectivity index (χ4n) is 6.90. The number of fused-ring (bicyclic) bond motifs is 3. The molecule has 4 aromatic rings. The van der Waals surface area contributed by atoms with E-state index in [1.54, 1.807) is 9.80 Å². The first-order valence-corrected chi connectivity index (χ1v) is 19.0. The third-order valence-corrected chi connectivity index (χ3v) is 11.5. The van der Waals surface area contributed by atoms with Gasteiger partial charge in [0.05, 0.1) is 42.5 Å². The first kappa shape index (κ1) is 37.0. The second-order valence-corrected chi connectivity index (χ2v) is 16.1. The number of ether oxygens (including phenoxy) is 3. The Morgan fingerprint density at radius 3 is 2.62 bits per heavy atom. The van der Waals surface area contributed by atoms with E-state index in [1.165, 1.54) is 42.1 Å². The van der Waals surface area contributed by atoms with Gasteiger partial charge in [0.1, 0.15) is 27.9 Å². The molecule has 0 fully saturated rings. The summed E-state index contributed by atoms with van der Waals surface area (Å²) < 4.78 is 64.6. The number of hydrogen-bond acceptors (Lipinski definition) is 9. The van der Waals surface area contributed by atoms with Crippen LogP contribution in [0.4, 0.5) is 18.0 Å². The minimum atomic E-state index is -2.65. The van der Waals surface area contributed by atoms with E-state index in [1.807, 2.05) is 39.0 Å². The van der Waals surface area contributed by atoms with Crippen molar-refractivity contribution >= 4 is 44.8 Å². The number of pyridine rings is 1.